The number of carbonyl (C=O) groups is 2. The molecule has 0 saturated carbocycles. The second kappa shape index (κ2) is 4.85. The number of nitrogens with zero attached hydrogens (tertiary/aromatic N) is 1. The summed E-state index contributed by atoms with van der Waals surface area (Å²) in [5, 5.41) is 9.79. The van der Waals surface area contributed by atoms with E-state index in [1.54, 1.807) is 27.7 Å². The van der Waals surface area contributed by atoms with Crippen LogP contribution in [0.15, 0.2) is 0 Å². The Labute approximate surface area is 107 Å². The van der Waals surface area contributed by atoms with Crippen molar-refractivity contribution in [3.05, 3.63) is 0 Å². The fourth-order valence-corrected chi connectivity index (χ4v) is 2.17. The zero-order chi connectivity index (χ0) is 14.1. The van der Waals surface area contributed by atoms with Crippen LogP contribution in [-0.2, 0) is 9.47 Å². The molecule has 0 spiro atoms. The van der Waals surface area contributed by atoms with Gasteiger partial charge < -0.3 is 14.6 Å². The Bertz CT molecular complexity index is 349. The first-order chi connectivity index (χ1) is 8.15. The summed E-state index contributed by atoms with van der Waals surface area (Å²) in [6, 6.07) is -0.563. The topological polar surface area (TPSA) is 72.8 Å². The van der Waals surface area contributed by atoms with Crippen molar-refractivity contribution in [2.24, 2.45) is 0 Å². The number of methoxy groups -OCH3 is 1. The highest BCUT2D eigenvalue weighted by molar-refractivity contribution is 5.77. The van der Waals surface area contributed by atoms with Crippen molar-refractivity contribution in [1.29, 1.82) is 0 Å². The molecule has 0 aromatic rings. The number of quaternary nitrogens is 1. The van der Waals surface area contributed by atoms with E-state index in [1.165, 1.54) is 7.11 Å². The van der Waals surface area contributed by atoms with Crippen molar-refractivity contribution in [2.45, 2.75) is 51.9 Å². The minimum Gasteiger partial charge on any atom is -0.423 e. The number of amides is 2. The maximum Gasteiger partial charge on any atom is 0.527 e. The third kappa shape index (κ3) is 2.49. The fourth-order valence-electron chi connectivity index (χ4n) is 2.17. The molecule has 1 N–H and O–H groups in total. The molecule has 0 unspecified atom stereocenters. The number of aliphatic hydroxyl groups excluding tert-OH is 1. The molecular formula is C12H22NO5+. The molecule has 18 heavy (non-hydrogen) atoms. The highest BCUT2D eigenvalue weighted by Crippen LogP contribution is 2.31. The van der Waals surface area contributed by atoms with Crippen LogP contribution < -0.4 is 0 Å². The molecule has 1 fully saturated rings. The molecule has 1 heterocycles. The predicted octanol–water partition coefficient (Wildman–Crippen LogP) is 1.66. The van der Waals surface area contributed by atoms with Crippen LogP contribution in [0, 0.1) is 0 Å². The first kappa shape index (κ1) is 14.9. The zero-order valence-electron chi connectivity index (χ0n) is 11.6. The van der Waals surface area contributed by atoms with Crippen LogP contribution in [-0.4, -0.2) is 53.2 Å². The van der Waals surface area contributed by atoms with Crippen LogP contribution in [0.3, 0.4) is 0 Å². The lowest BCUT2D eigenvalue weighted by molar-refractivity contribution is -0.798. The van der Waals surface area contributed by atoms with Crippen molar-refractivity contribution < 1.29 is 28.7 Å². The zero-order valence-corrected chi connectivity index (χ0v) is 11.6. The summed E-state index contributed by atoms with van der Waals surface area (Å²) in [6.07, 6.45) is -1.70. The highest BCUT2D eigenvalue weighted by atomic mass is 16.6. The van der Waals surface area contributed by atoms with Gasteiger partial charge in [0.1, 0.15) is 24.3 Å². The van der Waals surface area contributed by atoms with Gasteiger partial charge >= 0.3 is 12.2 Å². The lowest BCUT2D eigenvalue weighted by Crippen LogP contribution is -2.61. The van der Waals surface area contributed by atoms with Crippen molar-refractivity contribution in [1.82, 2.24) is 0 Å². The quantitative estimate of drug-likeness (QED) is 0.670. The molecule has 1 saturated heterocycles. The second-order valence-corrected chi connectivity index (χ2v) is 5.64. The minimum atomic E-state index is -0.711. The van der Waals surface area contributed by atoms with Crippen LogP contribution in [0.1, 0.15) is 34.1 Å². The van der Waals surface area contributed by atoms with Gasteiger partial charge in [-0.2, -0.15) is 9.59 Å². The van der Waals surface area contributed by atoms with E-state index in [0.717, 1.165) is 0 Å². The number of hydrogen-bond donors (Lipinski definition) is 1. The summed E-state index contributed by atoms with van der Waals surface area (Å²) >= 11 is 0. The molecule has 1 rings (SSSR count). The molecule has 1 aliphatic rings. The molecule has 0 aromatic carbocycles. The lowest BCUT2D eigenvalue weighted by Gasteiger charge is -2.32. The Morgan fingerprint density at radius 2 is 1.83 bits per heavy atom. The van der Waals surface area contributed by atoms with E-state index in [4.69, 9.17) is 9.47 Å². The Kier molecular flexibility index (Phi) is 4.02. The van der Waals surface area contributed by atoms with Gasteiger partial charge in [0, 0.05) is 6.42 Å². The summed E-state index contributed by atoms with van der Waals surface area (Å²) in [5.74, 6) is 0. The van der Waals surface area contributed by atoms with E-state index in [2.05, 4.69) is 0 Å². The normalized spacial score (nSPS) is 32.1. The van der Waals surface area contributed by atoms with Crippen molar-refractivity contribution in [3.63, 3.8) is 0 Å². The van der Waals surface area contributed by atoms with Gasteiger partial charge in [-0.15, -0.1) is 4.48 Å². The predicted molar refractivity (Wildman–Crippen MR) is 63.9 cm³/mol. The lowest BCUT2D eigenvalue weighted by atomic mass is 10.2. The number of likely N-dealkylation sites (tertiary alicyclic amines) is 1. The van der Waals surface area contributed by atoms with Gasteiger partial charge in [0.25, 0.3) is 0 Å². The third-order valence-corrected chi connectivity index (χ3v) is 3.25. The number of aliphatic hydroxyl groups is 1. The molecule has 0 radical (unpaired) electrons. The van der Waals surface area contributed by atoms with E-state index in [9.17, 15) is 14.7 Å². The summed E-state index contributed by atoms with van der Waals surface area (Å²) in [5.41, 5.74) is -0.691. The molecule has 0 bridgehead atoms. The summed E-state index contributed by atoms with van der Waals surface area (Å²) in [7, 11) is 1.23. The van der Waals surface area contributed by atoms with Gasteiger partial charge in [-0.05, 0) is 27.7 Å². The van der Waals surface area contributed by atoms with Gasteiger partial charge in [0.15, 0.2) is 0 Å². The molecular weight excluding hydrogens is 238 g/mol. The van der Waals surface area contributed by atoms with Crippen LogP contribution >= 0.6 is 0 Å². The Hall–Kier alpha value is -1.14. The van der Waals surface area contributed by atoms with Crippen molar-refractivity contribution in [2.75, 3.05) is 13.7 Å². The number of carbonyl (C=O) groups excluding carboxylic acids is 2. The highest BCUT2D eigenvalue weighted by Gasteiger charge is 2.60. The molecule has 2 amide bonds. The molecule has 0 aliphatic carbocycles. The van der Waals surface area contributed by atoms with Crippen LogP contribution in [0.5, 0.6) is 0 Å². The van der Waals surface area contributed by atoms with E-state index in [1.807, 2.05) is 0 Å². The van der Waals surface area contributed by atoms with Crippen molar-refractivity contribution in [3.8, 4) is 0 Å². The third-order valence-electron chi connectivity index (χ3n) is 3.25. The summed E-state index contributed by atoms with van der Waals surface area (Å²) in [6.45, 7) is 7.05. The minimum absolute atomic E-state index is 0.198. The Balaban J connectivity index is 3.07. The molecule has 0 aromatic heterocycles. The average molecular weight is 260 g/mol. The first-order valence-corrected chi connectivity index (χ1v) is 6.03. The summed E-state index contributed by atoms with van der Waals surface area (Å²) < 4.78 is 9.40. The van der Waals surface area contributed by atoms with E-state index in [-0.39, 0.29) is 6.54 Å². The number of imide groups is 1. The van der Waals surface area contributed by atoms with Gasteiger partial charge in [-0.3, -0.25) is 0 Å². The van der Waals surface area contributed by atoms with E-state index >= 15 is 0 Å². The summed E-state index contributed by atoms with van der Waals surface area (Å²) in [4.78, 5) is 24.2. The van der Waals surface area contributed by atoms with Gasteiger partial charge in [0.2, 0.25) is 0 Å². The molecule has 1 aliphatic heterocycles. The average Bonchev–Trinajstić information content (AvgIpc) is 2.54. The SMILES string of the molecule is COC(=O)[N@+]1(C(=O)OC(C)(C)C)CC[C@@H](O)[C@H]1C. The first-order valence-electron chi connectivity index (χ1n) is 6.03. The van der Waals surface area contributed by atoms with E-state index in [0.29, 0.717) is 6.42 Å². The maximum absolute atomic E-state index is 12.3. The van der Waals surface area contributed by atoms with E-state index < -0.39 is 34.4 Å². The maximum atomic E-state index is 12.3. The molecule has 6 nitrogen and oxygen atoms in total. The van der Waals surface area contributed by atoms with Gasteiger partial charge in [0.05, 0.1) is 7.11 Å². The molecule has 6 heteroatoms. The standard InChI is InChI=1S/C12H22NO5/c1-8-9(14)6-7-13(8,10(15)17-5)11(16)18-12(2,3)4/h8-9,14H,6-7H2,1-5H3/q+1/t8-,9-,13+/m1/s1. The van der Waals surface area contributed by atoms with Gasteiger partial charge in [-0.1, -0.05) is 0 Å². The number of ether oxygens (including phenoxy) is 2. The number of hydrogen-bond acceptors (Lipinski definition) is 5. The van der Waals surface area contributed by atoms with Crippen LogP contribution in [0.2, 0.25) is 0 Å². The molecule has 104 valence electrons. The largest absolute Gasteiger partial charge is 0.527 e. The van der Waals surface area contributed by atoms with Crippen molar-refractivity contribution >= 4 is 12.2 Å². The number of rotatable bonds is 0. The smallest absolute Gasteiger partial charge is 0.423 e. The molecule has 3 atom stereocenters. The van der Waals surface area contributed by atoms with Crippen LogP contribution in [0.4, 0.5) is 9.59 Å². The fraction of sp³-hybridized carbons (Fsp3) is 0.833. The van der Waals surface area contributed by atoms with Gasteiger partial charge in [-0.25, -0.2) is 0 Å². The second-order valence-electron chi connectivity index (χ2n) is 5.64. The Morgan fingerprint density at radius 1 is 1.28 bits per heavy atom. The van der Waals surface area contributed by atoms with Crippen LogP contribution in [0.25, 0.3) is 0 Å². The Morgan fingerprint density at radius 3 is 2.17 bits per heavy atom. The monoisotopic (exact) mass is 260 g/mol.